The van der Waals surface area contributed by atoms with Crippen LogP contribution in [0.25, 0.3) is 0 Å². The second-order valence-electron chi connectivity index (χ2n) is 2.27. The fraction of sp³-hybridized carbons (Fsp3) is 0.429. The van der Waals surface area contributed by atoms with Crippen LogP contribution in [0.2, 0.25) is 0 Å². The average molecular weight is 137 g/mol. The summed E-state index contributed by atoms with van der Waals surface area (Å²) in [6, 6.07) is 0. The van der Waals surface area contributed by atoms with Gasteiger partial charge >= 0.3 is 0 Å². The van der Waals surface area contributed by atoms with Crippen molar-refractivity contribution in [3.63, 3.8) is 0 Å². The highest BCUT2D eigenvalue weighted by atomic mass is 15.1. The van der Waals surface area contributed by atoms with Crippen molar-refractivity contribution in [2.45, 2.75) is 6.92 Å². The van der Waals surface area contributed by atoms with Gasteiger partial charge in [0.15, 0.2) is 0 Å². The highest BCUT2D eigenvalue weighted by molar-refractivity contribution is 4.98. The number of hydrogen-bond donors (Lipinski definition) is 0. The number of nitrogens with zero attached hydrogens (tertiary/aromatic N) is 3. The Morgan fingerprint density at radius 3 is 2.80 bits per heavy atom. The molecular formula is C7H11N3. The first-order valence-corrected chi connectivity index (χ1v) is 3.16. The monoisotopic (exact) mass is 137 g/mol. The van der Waals surface area contributed by atoms with Crippen molar-refractivity contribution in [2.24, 2.45) is 12.0 Å². The minimum atomic E-state index is 0.755. The summed E-state index contributed by atoms with van der Waals surface area (Å²) in [6.45, 7) is 2.01. The molecule has 0 unspecified atom stereocenters. The number of hydrogen-bond acceptors (Lipinski definition) is 2. The second-order valence-corrected chi connectivity index (χ2v) is 2.27. The highest BCUT2D eigenvalue weighted by Crippen LogP contribution is 1.85. The van der Waals surface area contributed by atoms with E-state index in [9.17, 15) is 0 Å². The molecule has 3 heteroatoms. The summed E-state index contributed by atoms with van der Waals surface area (Å²) in [4.78, 5) is 8.06. The molecule has 0 spiro atoms. The van der Waals surface area contributed by atoms with Gasteiger partial charge < -0.3 is 4.57 Å². The molecule has 1 aromatic rings. The quantitative estimate of drug-likeness (QED) is 0.504. The number of aromatic nitrogens is 2. The van der Waals surface area contributed by atoms with Crippen molar-refractivity contribution in [3.05, 3.63) is 23.6 Å². The molecule has 0 N–H and O–H groups in total. The van der Waals surface area contributed by atoms with Crippen LogP contribution in [0.3, 0.4) is 0 Å². The van der Waals surface area contributed by atoms with E-state index in [4.69, 9.17) is 0 Å². The maximum Gasteiger partial charge on any atom is 0.224 e. The van der Waals surface area contributed by atoms with Crippen LogP contribution in [0, 0.1) is 6.92 Å². The summed E-state index contributed by atoms with van der Waals surface area (Å²) < 4.78 is 1.90. The van der Waals surface area contributed by atoms with Gasteiger partial charge in [-0.3, -0.25) is 4.99 Å². The first-order valence-electron chi connectivity index (χ1n) is 3.16. The van der Waals surface area contributed by atoms with E-state index < -0.39 is 0 Å². The largest absolute Gasteiger partial charge is 0.320 e. The van der Waals surface area contributed by atoms with Crippen LogP contribution in [-0.4, -0.2) is 16.6 Å². The Hall–Kier alpha value is -1.12. The molecule has 54 valence electrons. The average Bonchev–Trinajstić information content (AvgIpc) is 1.88. The molecule has 0 bridgehead atoms. The molecule has 0 amide bonds. The molecule has 0 saturated heterocycles. The van der Waals surface area contributed by atoms with Crippen molar-refractivity contribution in [1.29, 1.82) is 0 Å². The Labute approximate surface area is 60.1 Å². The van der Waals surface area contributed by atoms with Crippen molar-refractivity contribution in [3.8, 4) is 0 Å². The molecular weight excluding hydrogens is 126 g/mol. The standard InChI is InChI=1S/C7H11N3/c1-6-4-9-7(8-2)10(3)5-6/h4-5H,1-3H3/b8-7-. The molecule has 0 radical (unpaired) electrons. The first kappa shape index (κ1) is 6.99. The predicted octanol–water partition coefficient (Wildman–Crippen LogP) is 0.259. The van der Waals surface area contributed by atoms with Crippen LogP contribution in [0.15, 0.2) is 17.4 Å². The minimum absolute atomic E-state index is 0.755. The molecule has 0 aliphatic rings. The van der Waals surface area contributed by atoms with Gasteiger partial charge in [0.05, 0.1) is 0 Å². The number of aryl methyl sites for hydroxylation is 2. The second kappa shape index (κ2) is 2.64. The summed E-state index contributed by atoms with van der Waals surface area (Å²) in [5.74, 6) is 0. The van der Waals surface area contributed by atoms with E-state index in [0.717, 1.165) is 11.2 Å². The van der Waals surface area contributed by atoms with Crippen LogP contribution in [0.1, 0.15) is 5.56 Å². The van der Waals surface area contributed by atoms with E-state index in [1.807, 2.05) is 30.9 Å². The lowest BCUT2D eigenvalue weighted by Gasteiger charge is -1.97. The third-order valence-electron chi connectivity index (χ3n) is 1.30. The molecule has 0 atom stereocenters. The SMILES string of the molecule is C/N=c1/ncc(C)cn1C. The lowest BCUT2D eigenvalue weighted by Crippen LogP contribution is -2.20. The van der Waals surface area contributed by atoms with E-state index in [1.165, 1.54) is 0 Å². The molecule has 0 aliphatic heterocycles. The smallest absolute Gasteiger partial charge is 0.224 e. The van der Waals surface area contributed by atoms with Crippen LogP contribution >= 0.6 is 0 Å². The van der Waals surface area contributed by atoms with E-state index >= 15 is 0 Å². The summed E-state index contributed by atoms with van der Waals surface area (Å²) in [7, 11) is 3.67. The third-order valence-corrected chi connectivity index (χ3v) is 1.30. The summed E-state index contributed by atoms with van der Waals surface area (Å²) in [5, 5.41) is 0. The zero-order chi connectivity index (χ0) is 7.56. The lowest BCUT2D eigenvalue weighted by molar-refractivity contribution is 0.767. The van der Waals surface area contributed by atoms with Crippen molar-refractivity contribution < 1.29 is 0 Å². The van der Waals surface area contributed by atoms with Crippen molar-refractivity contribution >= 4 is 0 Å². The van der Waals surface area contributed by atoms with Gasteiger partial charge in [-0.15, -0.1) is 0 Å². The van der Waals surface area contributed by atoms with Gasteiger partial charge in [-0.25, -0.2) is 4.98 Å². The Morgan fingerprint density at radius 1 is 1.60 bits per heavy atom. The molecule has 0 saturated carbocycles. The maximum atomic E-state index is 4.09. The fourth-order valence-electron chi connectivity index (χ4n) is 0.863. The molecule has 1 heterocycles. The highest BCUT2D eigenvalue weighted by Gasteiger charge is 1.86. The third kappa shape index (κ3) is 1.23. The number of rotatable bonds is 0. The minimum Gasteiger partial charge on any atom is -0.320 e. The van der Waals surface area contributed by atoms with Gasteiger partial charge in [0.2, 0.25) is 5.62 Å². The molecule has 1 rings (SSSR count). The molecule has 0 aliphatic carbocycles. The summed E-state index contributed by atoms with van der Waals surface area (Å²) >= 11 is 0. The predicted molar refractivity (Wildman–Crippen MR) is 39.4 cm³/mol. The van der Waals surface area contributed by atoms with E-state index in [1.54, 1.807) is 7.05 Å². The first-order chi connectivity index (χ1) is 4.74. The van der Waals surface area contributed by atoms with Crippen molar-refractivity contribution in [1.82, 2.24) is 9.55 Å². The topological polar surface area (TPSA) is 30.2 Å². The maximum absolute atomic E-state index is 4.09. The molecule has 1 aromatic heterocycles. The molecule has 10 heavy (non-hydrogen) atoms. The zero-order valence-corrected chi connectivity index (χ0v) is 6.50. The lowest BCUT2D eigenvalue weighted by atomic mass is 10.4. The molecule has 3 nitrogen and oxygen atoms in total. The zero-order valence-electron chi connectivity index (χ0n) is 6.50. The Balaban J connectivity index is 3.34. The van der Waals surface area contributed by atoms with Gasteiger partial charge in [0.1, 0.15) is 0 Å². The van der Waals surface area contributed by atoms with E-state index in [-0.39, 0.29) is 0 Å². The van der Waals surface area contributed by atoms with Gasteiger partial charge in [-0.1, -0.05) is 0 Å². The Kier molecular flexibility index (Phi) is 1.85. The van der Waals surface area contributed by atoms with E-state index in [2.05, 4.69) is 9.98 Å². The van der Waals surface area contributed by atoms with Crippen LogP contribution in [0.5, 0.6) is 0 Å². The van der Waals surface area contributed by atoms with Gasteiger partial charge in [-0.05, 0) is 12.5 Å². The van der Waals surface area contributed by atoms with Crippen molar-refractivity contribution in [2.75, 3.05) is 7.05 Å². The van der Waals surface area contributed by atoms with Crippen LogP contribution in [0.4, 0.5) is 0 Å². The fourth-order valence-corrected chi connectivity index (χ4v) is 0.863. The van der Waals surface area contributed by atoms with Gasteiger partial charge in [0.25, 0.3) is 0 Å². The summed E-state index contributed by atoms with van der Waals surface area (Å²) in [6.07, 6.45) is 3.80. The molecule has 0 fully saturated rings. The van der Waals surface area contributed by atoms with Crippen LogP contribution < -0.4 is 5.62 Å². The Bertz CT molecular complexity index is 285. The van der Waals surface area contributed by atoms with Gasteiger partial charge in [0, 0.05) is 26.5 Å². The normalized spacial score (nSPS) is 12.1. The summed E-state index contributed by atoms with van der Waals surface area (Å²) in [5.41, 5.74) is 1.90. The molecule has 0 aromatic carbocycles. The Morgan fingerprint density at radius 2 is 2.30 bits per heavy atom. The van der Waals surface area contributed by atoms with Gasteiger partial charge in [-0.2, -0.15) is 0 Å². The van der Waals surface area contributed by atoms with Crippen LogP contribution in [-0.2, 0) is 7.05 Å². The van der Waals surface area contributed by atoms with E-state index in [0.29, 0.717) is 0 Å².